The van der Waals surface area contributed by atoms with Crippen LogP contribution in [0.1, 0.15) is 25.8 Å². The van der Waals surface area contributed by atoms with E-state index in [0.717, 1.165) is 13.0 Å². The maximum Gasteiger partial charge on any atom is 0.244 e. The minimum atomic E-state index is -3.58. The molecule has 31 heavy (non-hydrogen) atoms. The summed E-state index contributed by atoms with van der Waals surface area (Å²) in [4.78, 5) is 18.8. The van der Waals surface area contributed by atoms with Gasteiger partial charge in [0.15, 0.2) is 0 Å². The zero-order valence-electron chi connectivity index (χ0n) is 18.0. The fraction of sp³-hybridized carbons (Fsp3) is 0.455. The summed E-state index contributed by atoms with van der Waals surface area (Å²) in [5.74, 6) is -0.0429. The number of hydrogen-bond donors (Lipinski definition) is 1. The number of benzene rings is 1. The molecule has 9 heteroatoms. The lowest BCUT2D eigenvalue weighted by Crippen LogP contribution is -2.48. The van der Waals surface area contributed by atoms with Crippen molar-refractivity contribution in [1.29, 1.82) is 0 Å². The second-order valence-corrected chi connectivity index (χ2v) is 10.8. The molecule has 1 fully saturated rings. The van der Waals surface area contributed by atoms with Crippen molar-refractivity contribution >= 4 is 27.7 Å². The highest BCUT2D eigenvalue weighted by atomic mass is 32.2. The van der Waals surface area contributed by atoms with Gasteiger partial charge in [0.1, 0.15) is 4.90 Å². The molecule has 1 aliphatic heterocycles. The Morgan fingerprint density at radius 1 is 1.13 bits per heavy atom. The quantitative estimate of drug-likeness (QED) is 0.577. The smallest absolute Gasteiger partial charge is 0.244 e. The van der Waals surface area contributed by atoms with Gasteiger partial charge in [-0.3, -0.25) is 9.69 Å². The second kappa shape index (κ2) is 11.1. The molecule has 1 aromatic heterocycles. The Bertz CT molecular complexity index is 944. The van der Waals surface area contributed by atoms with Crippen LogP contribution in [0.4, 0.5) is 0 Å². The molecule has 1 aromatic carbocycles. The number of nitrogens with one attached hydrogen (secondary N) is 1. The zero-order chi connectivity index (χ0) is 22.3. The molecule has 0 aliphatic carbocycles. The lowest BCUT2D eigenvalue weighted by molar-refractivity contribution is -0.120. The summed E-state index contributed by atoms with van der Waals surface area (Å²) in [6.45, 7) is 7.60. The average molecular weight is 463 g/mol. The predicted molar refractivity (Wildman–Crippen MR) is 123 cm³/mol. The van der Waals surface area contributed by atoms with E-state index < -0.39 is 10.0 Å². The topological polar surface area (TPSA) is 82.6 Å². The molecule has 1 saturated heterocycles. The Morgan fingerprint density at radius 2 is 1.84 bits per heavy atom. The highest BCUT2D eigenvalue weighted by Crippen LogP contribution is 2.24. The summed E-state index contributed by atoms with van der Waals surface area (Å²) in [5.41, 5.74) is 1.23. The molecule has 168 valence electrons. The minimum absolute atomic E-state index is 0.0429. The van der Waals surface area contributed by atoms with E-state index in [-0.39, 0.29) is 16.1 Å². The maximum atomic E-state index is 13.0. The summed E-state index contributed by atoms with van der Waals surface area (Å²) < 4.78 is 27.5. The fourth-order valence-corrected chi connectivity index (χ4v) is 5.52. The Kier molecular flexibility index (Phi) is 8.48. The SMILES string of the molecule is CCCNC(=O)C(C)Sc1ccc(S(=O)(=O)N2CCN(Cc3ccccc3)CC2)cn1. The Hall–Kier alpha value is -1.94. The van der Waals surface area contributed by atoms with E-state index in [0.29, 0.717) is 37.7 Å². The molecule has 3 rings (SSSR count). The van der Waals surface area contributed by atoms with Gasteiger partial charge in [-0.15, -0.1) is 0 Å². The van der Waals surface area contributed by atoms with E-state index >= 15 is 0 Å². The number of nitrogens with zero attached hydrogens (tertiary/aromatic N) is 3. The van der Waals surface area contributed by atoms with Gasteiger partial charge >= 0.3 is 0 Å². The van der Waals surface area contributed by atoms with Crippen LogP contribution in [-0.2, 0) is 21.4 Å². The average Bonchev–Trinajstić information content (AvgIpc) is 2.79. The molecule has 0 saturated carbocycles. The standard InChI is InChI=1S/C22H30N4O3S2/c1-3-11-23-22(27)18(2)30-21-10-9-20(16-24-21)31(28,29)26-14-12-25(13-15-26)17-19-7-5-4-6-8-19/h4-10,16,18H,3,11-15,17H2,1-2H3,(H,23,27). The molecule has 2 heterocycles. The second-order valence-electron chi connectivity index (χ2n) is 7.55. The summed E-state index contributed by atoms with van der Waals surface area (Å²) in [7, 11) is -3.58. The fourth-order valence-electron chi connectivity index (χ4n) is 3.33. The van der Waals surface area contributed by atoms with E-state index in [4.69, 9.17) is 0 Å². The normalized spacial score (nSPS) is 16.7. The minimum Gasteiger partial charge on any atom is -0.355 e. The van der Waals surface area contributed by atoms with Crippen LogP contribution < -0.4 is 5.32 Å². The van der Waals surface area contributed by atoms with Crippen LogP contribution in [0.15, 0.2) is 58.6 Å². The first-order chi connectivity index (χ1) is 14.9. The number of rotatable bonds is 9. The monoisotopic (exact) mass is 462 g/mol. The van der Waals surface area contributed by atoms with Crippen LogP contribution in [0.5, 0.6) is 0 Å². The van der Waals surface area contributed by atoms with E-state index in [1.807, 2.05) is 32.0 Å². The molecule has 7 nitrogen and oxygen atoms in total. The summed E-state index contributed by atoms with van der Waals surface area (Å²) in [6, 6.07) is 13.5. The summed E-state index contributed by atoms with van der Waals surface area (Å²) >= 11 is 1.32. The molecular formula is C22H30N4O3S2. The number of amides is 1. The zero-order valence-corrected chi connectivity index (χ0v) is 19.7. The lowest BCUT2D eigenvalue weighted by atomic mass is 10.2. The van der Waals surface area contributed by atoms with Gasteiger partial charge in [-0.05, 0) is 31.0 Å². The van der Waals surface area contributed by atoms with E-state index in [1.165, 1.54) is 27.8 Å². The third-order valence-electron chi connectivity index (χ3n) is 5.14. The number of thioether (sulfide) groups is 1. The largest absolute Gasteiger partial charge is 0.355 e. The number of aromatic nitrogens is 1. The van der Waals surface area contributed by atoms with Gasteiger partial charge in [0.2, 0.25) is 15.9 Å². The van der Waals surface area contributed by atoms with Crippen LogP contribution in [-0.4, -0.2) is 66.5 Å². The number of carbonyl (C=O) groups excluding carboxylic acids is 1. The van der Waals surface area contributed by atoms with Crippen molar-refractivity contribution in [2.75, 3.05) is 32.7 Å². The highest BCUT2D eigenvalue weighted by Gasteiger charge is 2.29. The van der Waals surface area contributed by atoms with Crippen molar-refractivity contribution in [3.05, 3.63) is 54.2 Å². The number of sulfonamides is 1. The molecular weight excluding hydrogens is 432 g/mol. The van der Waals surface area contributed by atoms with Crippen LogP contribution in [0.25, 0.3) is 0 Å². The van der Waals surface area contributed by atoms with Crippen LogP contribution in [0.2, 0.25) is 0 Å². The Labute approximate surface area is 189 Å². The lowest BCUT2D eigenvalue weighted by Gasteiger charge is -2.33. The molecule has 1 N–H and O–H groups in total. The molecule has 1 aliphatic rings. The number of carbonyl (C=O) groups is 1. The predicted octanol–water partition coefficient (Wildman–Crippen LogP) is 2.59. The third kappa shape index (κ3) is 6.52. The molecule has 2 aromatic rings. The van der Waals surface area contributed by atoms with Gasteiger partial charge in [-0.25, -0.2) is 13.4 Å². The maximum absolute atomic E-state index is 13.0. The van der Waals surface area contributed by atoms with Gasteiger partial charge in [-0.1, -0.05) is 49.0 Å². The Balaban J connectivity index is 1.55. The van der Waals surface area contributed by atoms with E-state index in [2.05, 4.69) is 27.3 Å². The number of pyridine rings is 1. The van der Waals surface area contributed by atoms with Crippen molar-refractivity contribution in [3.8, 4) is 0 Å². The number of hydrogen-bond acceptors (Lipinski definition) is 6. The van der Waals surface area contributed by atoms with Gasteiger partial charge < -0.3 is 5.32 Å². The van der Waals surface area contributed by atoms with Crippen molar-refractivity contribution < 1.29 is 13.2 Å². The third-order valence-corrected chi connectivity index (χ3v) is 8.08. The summed E-state index contributed by atoms with van der Waals surface area (Å²) in [5, 5.41) is 3.19. The first-order valence-electron chi connectivity index (χ1n) is 10.6. The van der Waals surface area contributed by atoms with Crippen molar-refractivity contribution in [3.63, 3.8) is 0 Å². The molecule has 1 unspecified atom stereocenters. The van der Waals surface area contributed by atoms with Gasteiger partial charge in [0, 0.05) is 45.5 Å². The van der Waals surface area contributed by atoms with Crippen LogP contribution >= 0.6 is 11.8 Å². The molecule has 1 amide bonds. The number of piperazine rings is 1. The van der Waals surface area contributed by atoms with Crippen molar-refractivity contribution in [1.82, 2.24) is 19.5 Å². The first-order valence-corrected chi connectivity index (χ1v) is 12.9. The molecule has 1 atom stereocenters. The van der Waals surface area contributed by atoms with Gasteiger partial charge in [-0.2, -0.15) is 4.31 Å². The molecule has 0 bridgehead atoms. The molecule has 0 radical (unpaired) electrons. The molecule has 0 spiro atoms. The van der Waals surface area contributed by atoms with E-state index in [9.17, 15) is 13.2 Å². The Morgan fingerprint density at radius 3 is 2.45 bits per heavy atom. The van der Waals surface area contributed by atoms with Crippen molar-refractivity contribution in [2.24, 2.45) is 0 Å². The summed E-state index contributed by atoms with van der Waals surface area (Å²) in [6.07, 6.45) is 2.28. The van der Waals surface area contributed by atoms with Gasteiger partial charge in [0.25, 0.3) is 0 Å². The van der Waals surface area contributed by atoms with Crippen molar-refractivity contribution in [2.45, 2.75) is 42.0 Å². The highest BCUT2D eigenvalue weighted by molar-refractivity contribution is 8.00. The van der Waals surface area contributed by atoms with Crippen LogP contribution in [0, 0.1) is 0 Å². The first kappa shape index (κ1) is 23.7. The van der Waals surface area contributed by atoms with Crippen LogP contribution in [0.3, 0.4) is 0 Å². The van der Waals surface area contributed by atoms with E-state index in [1.54, 1.807) is 12.1 Å². The van der Waals surface area contributed by atoms with Gasteiger partial charge in [0.05, 0.1) is 10.3 Å².